The van der Waals surface area contributed by atoms with Crippen molar-refractivity contribution in [2.75, 3.05) is 0 Å². The van der Waals surface area contributed by atoms with E-state index in [1.165, 1.54) is 23.5 Å². The second kappa shape index (κ2) is 8.15. The van der Waals surface area contributed by atoms with Crippen molar-refractivity contribution >= 4 is 28.8 Å². The third-order valence-electron chi connectivity index (χ3n) is 4.49. The van der Waals surface area contributed by atoms with E-state index in [0.29, 0.717) is 9.82 Å². The van der Waals surface area contributed by atoms with Crippen LogP contribution in [0, 0.1) is 5.82 Å². The predicted molar refractivity (Wildman–Crippen MR) is 115 cm³/mol. The Hall–Kier alpha value is -3.02. The van der Waals surface area contributed by atoms with E-state index in [2.05, 4.69) is 4.99 Å². The molecule has 0 aliphatic heterocycles. The molecular formula is C23H16ClFN2OS. The molecule has 1 amide bonds. The van der Waals surface area contributed by atoms with Crippen LogP contribution in [0.2, 0.25) is 5.02 Å². The van der Waals surface area contributed by atoms with Crippen molar-refractivity contribution in [2.24, 2.45) is 12.0 Å². The van der Waals surface area contributed by atoms with Gasteiger partial charge in [0, 0.05) is 12.1 Å². The summed E-state index contributed by atoms with van der Waals surface area (Å²) in [7, 11) is 1.85. The SMILES string of the molecule is Cn1c(-c2ccc(Cl)cc2)c(-c2ccccc2)sc1=NC(=O)c1ccccc1F. The van der Waals surface area contributed by atoms with Gasteiger partial charge in [0.15, 0.2) is 4.80 Å². The number of halogens is 2. The molecule has 0 saturated heterocycles. The number of carbonyl (C=O) groups is 1. The minimum atomic E-state index is -0.609. The summed E-state index contributed by atoms with van der Waals surface area (Å²) in [5, 5.41) is 0.646. The zero-order chi connectivity index (χ0) is 20.4. The van der Waals surface area contributed by atoms with Gasteiger partial charge in [0.2, 0.25) is 0 Å². The molecule has 0 atom stereocenters. The topological polar surface area (TPSA) is 34.4 Å². The molecule has 0 bridgehead atoms. The molecule has 0 unspecified atom stereocenters. The Morgan fingerprint density at radius 2 is 1.59 bits per heavy atom. The van der Waals surface area contributed by atoms with Gasteiger partial charge in [-0.15, -0.1) is 0 Å². The van der Waals surface area contributed by atoms with Gasteiger partial charge >= 0.3 is 0 Å². The molecule has 0 N–H and O–H groups in total. The van der Waals surface area contributed by atoms with Crippen molar-refractivity contribution < 1.29 is 9.18 Å². The smallest absolute Gasteiger partial charge is 0.282 e. The summed E-state index contributed by atoms with van der Waals surface area (Å²) in [5.41, 5.74) is 2.83. The highest BCUT2D eigenvalue weighted by Crippen LogP contribution is 2.34. The number of amides is 1. The first-order valence-corrected chi connectivity index (χ1v) is 10.1. The molecule has 0 radical (unpaired) electrons. The summed E-state index contributed by atoms with van der Waals surface area (Å²) in [4.78, 5) is 18.3. The average Bonchev–Trinajstić information content (AvgIpc) is 3.06. The molecule has 0 fully saturated rings. The van der Waals surface area contributed by atoms with Gasteiger partial charge in [0.1, 0.15) is 5.82 Å². The number of hydrogen-bond donors (Lipinski definition) is 0. The molecule has 6 heteroatoms. The zero-order valence-electron chi connectivity index (χ0n) is 15.5. The number of carbonyl (C=O) groups excluding carboxylic acids is 1. The molecule has 3 aromatic carbocycles. The maximum absolute atomic E-state index is 14.0. The summed E-state index contributed by atoms with van der Waals surface area (Å²) in [6.45, 7) is 0. The third kappa shape index (κ3) is 3.92. The highest BCUT2D eigenvalue weighted by atomic mass is 35.5. The van der Waals surface area contributed by atoms with Crippen molar-refractivity contribution in [3.8, 4) is 21.7 Å². The molecule has 4 rings (SSSR count). The van der Waals surface area contributed by atoms with Crippen LogP contribution in [0.5, 0.6) is 0 Å². The summed E-state index contributed by atoms with van der Waals surface area (Å²) in [6, 6.07) is 23.3. The van der Waals surface area contributed by atoms with Crippen LogP contribution in [-0.4, -0.2) is 10.5 Å². The number of aromatic nitrogens is 1. The molecule has 0 saturated carbocycles. The molecule has 144 valence electrons. The molecule has 0 aliphatic rings. The lowest BCUT2D eigenvalue weighted by molar-refractivity contribution is 0.0994. The number of benzene rings is 3. The Morgan fingerprint density at radius 3 is 2.28 bits per heavy atom. The summed E-state index contributed by atoms with van der Waals surface area (Å²) >= 11 is 7.44. The molecule has 0 aliphatic carbocycles. The van der Waals surface area contributed by atoms with E-state index in [0.717, 1.165) is 21.7 Å². The van der Waals surface area contributed by atoms with Crippen LogP contribution in [0.25, 0.3) is 21.7 Å². The van der Waals surface area contributed by atoms with Gasteiger partial charge in [-0.25, -0.2) is 4.39 Å². The Balaban J connectivity index is 1.92. The van der Waals surface area contributed by atoms with Crippen molar-refractivity contribution in [2.45, 2.75) is 0 Å². The van der Waals surface area contributed by atoms with Crippen molar-refractivity contribution in [3.05, 3.63) is 100 Å². The van der Waals surface area contributed by atoms with Gasteiger partial charge in [0.05, 0.1) is 16.1 Å². The fraction of sp³-hybridized carbons (Fsp3) is 0.0435. The fourth-order valence-electron chi connectivity index (χ4n) is 3.05. The van der Waals surface area contributed by atoms with Gasteiger partial charge in [0.25, 0.3) is 5.91 Å². The van der Waals surface area contributed by atoms with Gasteiger partial charge in [-0.05, 0) is 35.4 Å². The summed E-state index contributed by atoms with van der Waals surface area (Å²) < 4.78 is 15.9. The Kier molecular flexibility index (Phi) is 5.43. The van der Waals surface area contributed by atoms with E-state index in [4.69, 9.17) is 11.6 Å². The van der Waals surface area contributed by atoms with Crippen LogP contribution in [0.15, 0.2) is 83.9 Å². The Morgan fingerprint density at radius 1 is 0.931 bits per heavy atom. The summed E-state index contributed by atoms with van der Waals surface area (Å²) in [5.74, 6) is -1.19. The molecule has 4 aromatic rings. The van der Waals surface area contributed by atoms with Crippen LogP contribution in [0.3, 0.4) is 0 Å². The van der Waals surface area contributed by atoms with E-state index in [-0.39, 0.29) is 5.56 Å². The first-order chi connectivity index (χ1) is 14.0. The van der Waals surface area contributed by atoms with Gasteiger partial charge < -0.3 is 4.57 Å². The Bertz CT molecular complexity index is 1240. The second-order valence-electron chi connectivity index (χ2n) is 6.39. The number of thiazole rings is 1. The normalized spacial score (nSPS) is 11.6. The molecular weight excluding hydrogens is 407 g/mol. The lowest BCUT2D eigenvalue weighted by Crippen LogP contribution is -2.15. The minimum absolute atomic E-state index is 0.0461. The highest BCUT2D eigenvalue weighted by molar-refractivity contribution is 7.13. The number of hydrogen-bond acceptors (Lipinski definition) is 2. The molecule has 1 aromatic heterocycles. The molecule has 0 spiro atoms. The van der Waals surface area contributed by atoms with E-state index in [1.807, 2.05) is 66.2 Å². The van der Waals surface area contributed by atoms with E-state index >= 15 is 0 Å². The van der Waals surface area contributed by atoms with Crippen molar-refractivity contribution in [3.63, 3.8) is 0 Å². The monoisotopic (exact) mass is 422 g/mol. The lowest BCUT2D eigenvalue weighted by atomic mass is 10.1. The zero-order valence-corrected chi connectivity index (χ0v) is 17.0. The van der Waals surface area contributed by atoms with Crippen LogP contribution in [0.4, 0.5) is 4.39 Å². The van der Waals surface area contributed by atoms with Gasteiger partial charge in [-0.3, -0.25) is 4.79 Å². The first-order valence-electron chi connectivity index (χ1n) is 8.89. The minimum Gasteiger partial charge on any atom is -0.319 e. The maximum atomic E-state index is 14.0. The number of rotatable bonds is 3. The fourth-order valence-corrected chi connectivity index (χ4v) is 4.32. The lowest BCUT2D eigenvalue weighted by Gasteiger charge is -2.07. The Labute approximate surface area is 176 Å². The maximum Gasteiger partial charge on any atom is 0.282 e. The molecule has 3 nitrogen and oxygen atoms in total. The average molecular weight is 423 g/mol. The van der Waals surface area contributed by atoms with Crippen LogP contribution < -0.4 is 4.80 Å². The van der Waals surface area contributed by atoms with Crippen LogP contribution >= 0.6 is 22.9 Å². The predicted octanol–water partition coefficient (Wildman–Crippen LogP) is 5.95. The quantitative estimate of drug-likeness (QED) is 0.401. The van der Waals surface area contributed by atoms with Crippen molar-refractivity contribution in [1.29, 1.82) is 0 Å². The van der Waals surface area contributed by atoms with E-state index in [9.17, 15) is 9.18 Å². The second-order valence-corrected chi connectivity index (χ2v) is 7.81. The highest BCUT2D eigenvalue weighted by Gasteiger charge is 2.17. The third-order valence-corrected chi connectivity index (χ3v) is 5.92. The van der Waals surface area contributed by atoms with E-state index < -0.39 is 11.7 Å². The number of nitrogens with zero attached hydrogens (tertiary/aromatic N) is 2. The largest absolute Gasteiger partial charge is 0.319 e. The van der Waals surface area contributed by atoms with E-state index in [1.54, 1.807) is 12.1 Å². The van der Waals surface area contributed by atoms with Crippen molar-refractivity contribution in [1.82, 2.24) is 4.57 Å². The first kappa shape index (κ1) is 19.3. The standard InChI is InChI=1S/C23H16ClFN2OS/c1-27-20(15-11-13-17(24)14-12-15)21(16-7-3-2-4-8-16)29-23(27)26-22(28)18-9-5-6-10-19(18)25/h2-14H,1H3. The van der Waals surface area contributed by atoms with Crippen LogP contribution in [0.1, 0.15) is 10.4 Å². The van der Waals surface area contributed by atoms with Gasteiger partial charge in [-0.2, -0.15) is 4.99 Å². The van der Waals surface area contributed by atoms with Gasteiger partial charge in [-0.1, -0.05) is 77.5 Å². The molecule has 29 heavy (non-hydrogen) atoms. The molecule has 1 heterocycles. The van der Waals surface area contributed by atoms with Crippen LogP contribution in [-0.2, 0) is 7.05 Å². The summed E-state index contributed by atoms with van der Waals surface area (Å²) in [6.07, 6.45) is 0.